The van der Waals surface area contributed by atoms with Crippen LogP contribution >= 0.6 is 0 Å². The first-order chi connectivity index (χ1) is 24.8. The average molecular weight is 639 g/mol. The van der Waals surface area contributed by atoms with Crippen LogP contribution in [0.1, 0.15) is 22.3 Å². The van der Waals surface area contributed by atoms with Crippen LogP contribution in [-0.2, 0) is 5.41 Å². The van der Waals surface area contributed by atoms with Gasteiger partial charge in [0, 0.05) is 27.5 Å². The largest absolute Gasteiger partial charge is 0.456 e. The Hall–Kier alpha value is -6.58. The summed E-state index contributed by atoms with van der Waals surface area (Å²) in [5.41, 5.74) is 13.4. The van der Waals surface area contributed by atoms with E-state index >= 15 is 0 Å². The Labute approximate surface area is 290 Å². The number of hydrogen-bond donors (Lipinski definition) is 0. The molecule has 0 bridgehead atoms. The molecule has 0 N–H and O–H groups in total. The summed E-state index contributed by atoms with van der Waals surface area (Å²) in [6.07, 6.45) is 0. The van der Waals surface area contributed by atoms with Gasteiger partial charge in [0.1, 0.15) is 11.2 Å². The highest BCUT2D eigenvalue weighted by molar-refractivity contribution is 6.12. The predicted molar refractivity (Wildman–Crippen MR) is 203 cm³/mol. The third kappa shape index (κ3) is 4.17. The van der Waals surface area contributed by atoms with E-state index in [1.165, 1.54) is 33.4 Å². The summed E-state index contributed by atoms with van der Waals surface area (Å²) in [5, 5.41) is 2.13. The molecule has 0 fully saturated rings. The van der Waals surface area contributed by atoms with Crippen LogP contribution in [-0.4, -0.2) is 9.97 Å². The highest BCUT2D eigenvalue weighted by Crippen LogP contribution is 2.58. The smallest absolute Gasteiger partial charge is 0.160 e. The van der Waals surface area contributed by atoms with Gasteiger partial charge in [-0.1, -0.05) is 164 Å². The standard InChI is InChI=1S/C47H30N2O/c1-4-16-31(17-5-1)46-48-40(30-41(49-46)36-25-15-29-43-45(36)37-23-11-13-28-42(37)50-43)35-24-14-27-39-44(35)34-22-10-12-26-38(34)47(39,32-18-6-2-7-19-32)33-20-8-3-9-21-33/h1-30H. The van der Waals surface area contributed by atoms with Crippen LogP contribution in [0.4, 0.5) is 0 Å². The third-order valence-electron chi connectivity index (χ3n) is 10.2. The lowest BCUT2D eigenvalue weighted by Crippen LogP contribution is -2.28. The fourth-order valence-electron chi connectivity index (χ4n) is 8.13. The predicted octanol–water partition coefficient (Wildman–Crippen LogP) is 11.7. The van der Waals surface area contributed by atoms with E-state index in [2.05, 4.69) is 146 Å². The topological polar surface area (TPSA) is 38.9 Å². The number of rotatable bonds is 5. The van der Waals surface area contributed by atoms with E-state index in [4.69, 9.17) is 14.4 Å². The van der Waals surface area contributed by atoms with Gasteiger partial charge in [-0.15, -0.1) is 0 Å². The van der Waals surface area contributed by atoms with Gasteiger partial charge in [0.15, 0.2) is 5.82 Å². The number of fused-ring (bicyclic) bond motifs is 6. The molecule has 0 unspecified atom stereocenters. The number of benzene rings is 7. The minimum absolute atomic E-state index is 0.496. The van der Waals surface area contributed by atoms with Gasteiger partial charge in [-0.3, -0.25) is 0 Å². The van der Waals surface area contributed by atoms with E-state index in [0.717, 1.165) is 50.0 Å². The van der Waals surface area contributed by atoms with Crippen molar-refractivity contribution in [2.75, 3.05) is 0 Å². The molecule has 3 heteroatoms. The molecule has 0 spiro atoms. The van der Waals surface area contributed by atoms with Crippen molar-refractivity contribution in [3.05, 3.63) is 204 Å². The molecule has 1 aliphatic carbocycles. The molecule has 3 nitrogen and oxygen atoms in total. The molecule has 9 aromatic rings. The Morgan fingerprint density at radius 1 is 0.420 bits per heavy atom. The number of para-hydroxylation sites is 1. The summed E-state index contributed by atoms with van der Waals surface area (Å²) in [5.74, 6) is 0.684. The lowest BCUT2D eigenvalue weighted by molar-refractivity contribution is 0.669. The van der Waals surface area contributed by atoms with Gasteiger partial charge in [0.05, 0.1) is 16.8 Å². The van der Waals surface area contributed by atoms with Crippen molar-refractivity contribution >= 4 is 21.9 Å². The zero-order chi connectivity index (χ0) is 33.1. The summed E-state index contributed by atoms with van der Waals surface area (Å²) in [6, 6.07) is 64.3. The minimum Gasteiger partial charge on any atom is -0.456 e. The van der Waals surface area contributed by atoms with Crippen molar-refractivity contribution in [1.82, 2.24) is 9.97 Å². The molecule has 7 aromatic carbocycles. The molecular formula is C47H30N2O. The normalized spacial score (nSPS) is 13.0. The fourth-order valence-corrected chi connectivity index (χ4v) is 8.13. The van der Waals surface area contributed by atoms with Crippen molar-refractivity contribution in [3.8, 4) is 45.0 Å². The Morgan fingerprint density at radius 2 is 0.960 bits per heavy atom. The van der Waals surface area contributed by atoms with Crippen LogP contribution in [0.5, 0.6) is 0 Å². The molecule has 10 rings (SSSR count). The van der Waals surface area contributed by atoms with Crippen molar-refractivity contribution < 1.29 is 4.42 Å². The van der Waals surface area contributed by atoms with Gasteiger partial charge in [0.25, 0.3) is 0 Å². The van der Waals surface area contributed by atoms with E-state index in [1.54, 1.807) is 0 Å². The minimum atomic E-state index is -0.496. The first-order valence-electron chi connectivity index (χ1n) is 17.0. The maximum atomic E-state index is 6.31. The van der Waals surface area contributed by atoms with E-state index < -0.39 is 5.41 Å². The van der Waals surface area contributed by atoms with Crippen LogP contribution in [0.25, 0.3) is 67.0 Å². The second-order valence-electron chi connectivity index (χ2n) is 12.9. The third-order valence-corrected chi connectivity index (χ3v) is 10.2. The van der Waals surface area contributed by atoms with Crippen molar-refractivity contribution in [3.63, 3.8) is 0 Å². The molecule has 0 saturated carbocycles. The zero-order valence-electron chi connectivity index (χ0n) is 27.1. The first-order valence-corrected chi connectivity index (χ1v) is 17.0. The molecule has 0 radical (unpaired) electrons. The summed E-state index contributed by atoms with van der Waals surface area (Å²) in [6.45, 7) is 0. The molecule has 50 heavy (non-hydrogen) atoms. The molecule has 2 heterocycles. The summed E-state index contributed by atoms with van der Waals surface area (Å²) in [4.78, 5) is 10.6. The highest BCUT2D eigenvalue weighted by atomic mass is 16.3. The van der Waals surface area contributed by atoms with Crippen LogP contribution in [0.2, 0.25) is 0 Å². The lowest BCUT2D eigenvalue weighted by atomic mass is 9.67. The quantitative estimate of drug-likeness (QED) is 0.188. The summed E-state index contributed by atoms with van der Waals surface area (Å²) in [7, 11) is 0. The van der Waals surface area contributed by atoms with Crippen molar-refractivity contribution in [2.24, 2.45) is 0 Å². The molecule has 1 aliphatic rings. The Kier molecular flexibility index (Phi) is 6.40. The number of hydrogen-bond acceptors (Lipinski definition) is 3. The molecule has 0 aliphatic heterocycles. The fraction of sp³-hybridized carbons (Fsp3) is 0.0213. The van der Waals surface area contributed by atoms with Gasteiger partial charge in [0.2, 0.25) is 0 Å². The van der Waals surface area contributed by atoms with E-state index in [1.807, 2.05) is 36.4 Å². The van der Waals surface area contributed by atoms with Crippen LogP contribution in [0, 0.1) is 0 Å². The molecule has 234 valence electrons. The van der Waals surface area contributed by atoms with Crippen LogP contribution in [0.15, 0.2) is 186 Å². The van der Waals surface area contributed by atoms with Gasteiger partial charge < -0.3 is 4.42 Å². The van der Waals surface area contributed by atoms with Crippen molar-refractivity contribution in [1.29, 1.82) is 0 Å². The number of aromatic nitrogens is 2. The van der Waals surface area contributed by atoms with E-state index in [-0.39, 0.29) is 0 Å². The van der Waals surface area contributed by atoms with Gasteiger partial charge in [-0.2, -0.15) is 0 Å². The molecule has 0 saturated heterocycles. The van der Waals surface area contributed by atoms with Crippen molar-refractivity contribution in [2.45, 2.75) is 5.41 Å². The average Bonchev–Trinajstić information content (AvgIpc) is 3.73. The van der Waals surface area contributed by atoms with Gasteiger partial charge in [-0.25, -0.2) is 9.97 Å². The van der Waals surface area contributed by atoms with E-state index in [0.29, 0.717) is 5.82 Å². The van der Waals surface area contributed by atoms with Crippen LogP contribution in [0.3, 0.4) is 0 Å². The van der Waals surface area contributed by atoms with Crippen LogP contribution < -0.4 is 0 Å². The highest BCUT2D eigenvalue weighted by Gasteiger charge is 2.46. The Bertz CT molecular complexity index is 2660. The first kappa shape index (κ1) is 28.4. The van der Waals surface area contributed by atoms with Gasteiger partial charge in [-0.05, 0) is 51.6 Å². The zero-order valence-corrected chi connectivity index (χ0v) is 27.1. The molecule has 0 amide bonds. The molecule has 0 atom stereocenters. The lowest BCUT2D eigenvalue weighted by Gasteiger charge is -2.33. The Morgan fingerprint density at radius 3 is 1.72 bits per heavy atom. The monoisotopic (exact) mass is 638 g/mol. The van der Waals surface area contributed by atoms with E-state index in [9.17, 15) is 0 Å². The maximum Gasteiger partial charge on any atom is 0.160 e. The summed E-state index contributed by atoms with van der Waals surface area (Å²) >= 11 is 0. The van der Waals surface area contributed by atoms with Gasteiger partial charge >= 0.3 is 0 Å². The maximum absolute atomic E-state index is 6.31. The summed E-state index contributed by atoms with van der Waals surface area (Å²) < 4.78 is 6.31. The SMILES string of the molecule is c1ccc(-c2nc(-c3cccc4c3-c3ccccc3C4(c3ccccc3)c3ccccc3)cc(-c3cccc4oc5ccccc5c34)n2)cc1. The molecule has 2 aromatic heterocycles. The number of nitrogens with zero attached hydrogens (tertiary/aromatic N) is 2. The Balaban J connectivity index is 1.29. The second-order valence-corrected chi connectivity index (χ2v) is 12.9. The number of furan rings is 1. The second kappa shape index (κ2) is 11.3. The molecular weight excluding hydrogens is 609 g/mol.